The van der Waals surface area contributed by atoms with Crippen LogP contribution in [0.3, 0.4) is 0 Å². The summed E-state index contributed by atoms with van der Waals surface area (Å²) in [6, 6.07) is 6.27. The first kappa shape index (κ1) is 24.0. The second-order valence-electron chi connectivity index (χ2n) is 6.38. The van der Waals surface area contributed by atoms with Gasteiger partial charge in [-0.05, 0) is 45.2 Å². The van der Waals surface area contributed by atoms with Crippen molar-refractivity contribution in [2.75, 3.05) is 39.5 Å². The van der Waals surface area contributed by atoms with Crippen molar-refractivity contribution in [3.63, 3.8) is 0 Å². The summed E-state index contributed by atoms with van der Waals surface area (Å²) in [6.07, 6.45) is 2.41. The van der Waals surface area contributed by atoms with Crippen molar-refractivity contribution >= 4 is 29.9 Å². The maximum Gasteiger partial charge on any atom is 0.191 e. The van der Waals surface area contributed by atoms with Gasteiger partial charge in [0, 0.05) is 31.9 Å². The van der Waals surface area contributed by atoms with E-state index < -0.39 is 0 Å². The molecule has 0 bridgehead atoms. The quantitative estimate of drug-likeness (QED) is 0.228. The van der Waals surface area contributed by atoms with Crippen LogP contribution in [0.25, 0.3) is 0 Å². The van der Waals surface area contributed by atoms with E-state index >= 15 is 0 Å². The normalized spacial score (nSPS) is 16.7. The smallest absolute Gasteiger partial charge is 0.191 e. The molecule has 27 heavy (non-hydrogen) atoms. The summed E-state index contributed by atoms with van der Waals surface area (Å²) in [5.41, 5.74) is 2.26. The molecule has 1 aliphatic heterocycles. The van der Waals surface area contributed by atoms with Crippen molar-refractivity contribution < 1.29 is 14.2 Å². The minimum Gasteiger partial charge on any atom is -0.491 e. The zero-order valence-electron chi connectivity index (χ0n) is 16.8. The number of aliphatic imine (C=N–C) groups is 1. The van der Waals surface area contributed by atoms with E-state index in [2.05, 4.69) is 47.7 Å². The lowest BCUT2D eigenvalue weighted by molar-refractivity contribution is 0.0676. The number of aryl methyl sites for hydroxylation is 1. The SMILES string of the molecule is CCNC(=NCc1ccc(C)cc1OCC1CCCO1)NCCOCC.I. The van der Waals surface area contributed by atoms with Crippen LogP contribution in [0, 0.1) is 6.92 Å². The van der Waals surface area contributed by atoms with E-state index in [9.17, 15) is 0 Å². The Balaban J connectivity index is 0.00000364. The van der Waals surface area contributed by atoms with E-state index in [0.717, 1.165) is 56.4 Å². The summed E-state index contributed by atoms with van der Waals surface area (Å²) in [6.45, 7) is 11.1. The highest BCUT2D eigenvalue weighted by molar-refractivity contribution is 14.0. The molecule has 0 saturated carbocycles. The molecule has 0 spiro atoms. The third-order valence-corrected chi connectivity index (χ3v) is 4.17. The molecule has 0 aromatic heterocycles. The Labute approximate surface area is 180 Å². The Kier molecular flexibility index (Phi) is 12.4. The molecule has 7 heteroatoms. The van der Waals surface area contributed by atoms with Crippen molar-refractivity contribution in [2.24, 2.45) is 4.99 Å². The maximum atomic E-state index is 6.05. The molecule has 6 nitrogen and oxygen atoms in total. The average molecular weight is 491 g/mol. The number of hydrogen-bond donors (Lipinski definition) is 2. The number of nitrogens with zero attached hydrogens (tertiary/aromatic N) is 1. The van der Waals surface area contributed by atoms with Crippen LogP contribution in [0.2, 0.25) is 0 Å². The van der Waals surface area contributed by atoms with Crippen LogP contribution in [-0.2, 0) is 16.0 Å². The molecule has 1 aliphatic rings. The molecule has 1 aromatic carbocycles. The van der Waals surface area contributed by atoms with Crippen molar-refractivity contribution in [3.05, 3.63) is 29.3 Å². The predicted octanol–water partition coefficient (Wildman–Crippen LogP) is 3.26. The second kappa shape index (κ2) is 14.0. The van der Waals surface area contributed by atoms with Gasteiger partial charge in [-0.1, -0.05) is 12.1 Å². The van der Waals surface area contributed by atoms with Crippen LogP contribution in [0.4, 0.5) is 0 Å². The maximum absolute atomic E-state index is 6.05. The Morgan fingerprint density at radius 2 is 2.15 bits per heavy atom. The first-order valence-electron chi connectivity index (χ1n) is 9.66. The van der Waals surface area contributed by atoms with Crippen LogP contribution in [0.5, 0.6) is 5.75 Å². The first-order valence-corrected chi connectivity index (χ1v) is 9.66. The molecule has 1 saturated heterocycles. The predicted molar refractivity (Wildman–Crippen MR) is 120 cm³/mol. The number of hydrogen-bond acceptors (Lipinski definition) is 4. The molecule has 0 radical (unpaired) electrons. The minimum atomic E-state index is 0. The summed E-state index contributed by atoms with van der Waals surface area (Å²) in [5.74, 6) is 1.69. The summed E-state index contributed by atoms with van der Waals surface area (Å²) >= 11 is 0. The molecule has 1 fully saturated rings. The van der Waals surface area contributed by atoms with Crippen LogP contribution in [0.15, 0.2) is 23.2 Å². The number of rotatable bonds is 10. The lowest BCUT2D eigenvalue weighted by Crippen LogP contribution is -2.39. The number of ether oxygens (including phenoxy) is 3. The molecule has 1 heterocycles. The Morgan fingerprint density at radius 1 is 1.30 bits per heavy atom. The van der Waals surface area contributed by atoms with Gasteiger partial charge in [-0.3, -0.25) is 0 Å². The molecule has 0 amide bonds. The van der Waals surface area contributed by atoms with Crippen molar-refractivity contribution in [1.29, 1.82) is 0 Å². The van der Waals surface area contributed by atoms with Gasteiger partial charge in [-0.15, -0.1) is 24.0 Å². The van der Waals surface area contributed by atoms with Crippen LogP contribution >= 0.6 is 24.0 Å². The fraction of sp³-hybridized carbons (Fsp3) is 0.650. The van der Waals surface area contributed by atoms with Gasteiger partial charge in [0.1, 0.15) is 12.4 Å². The summed E-state index contributed by atoms with van der Waals surface area (Å²) in [4.78, 5) is 4.68. The minimum absolute atomic E-state index is 0. The van der Waals surface area contributed by atoms with E-state index in [4.69, 9.17) is 14.2 Å². The van der Waals surface area contributed by atoms with Crippen molar-refractivity contribution in [1.82, 2.24) is 10.6 Å². The number of benzene rings is 1. The van der Waals surface area contributed by atoms with Crippen molar-refractivity contribution in [2.45, 2.75) is 46.3 Å². The Bertz CT molecular complexity index is 563. The number of guanidine groups is 1. The van der Waals surface area contributed by atoms with Crippen molar-refractivity contribution in [3.8, 4) is 5.75 Å². The highest BCUT2D eigenvalue weighted by atomic mass is 127. The van der Waals surface area contributed by atoms with Crippen LogP contribution in [0.1, 0.15) is 37.8 Å². The average Bonchev–Trinajstić information content (AvgIpc) is 3.16. The zero-order chi connectivity index (χ0) is 18.6. The molecule has 0 aliphatic carbocycles. The third-order valence-electron chi connectivity index (χ3n) is 4.17. The molecule has 1 unspecified atom stereocenters. The van der Waals surface area contributed by atoms with Gasteiger partial charge in [0.05, 0.1) is 19.3 Å². The number of halogens is 1. The molecule has 154 valence electrons. The largest absolute Gasteiger partial charge is 0.491 e. The summed E-state index contributed by atoms with van der Waals surface area (Å²) in [5, 5.41) is 6.55. The molecule has 1 aromatic rings. The Hall–Kier alpha value is -1.06. The third kappa shape index (κ3) is 9.12. The zero-order valence-corrected chi connectivity index (χ0v) is 19.1. The van der Waals surface area contributed by atoms with Gasteiger partial charge in [-0.2, -0.15) is 0 Å². The monoisotopic (exact) mass is 491 g/mol. The molecular weight excluding hydrogens is 457 g/mol. The molecule has 1 atom stereocenters. The van der Waals surface area contributed by atoms with E-state index in [1.807, 2.05) is 6.92 Å². The topological polar surface area (TPSA) is 64.1 Å². The van der Waals surface area contributed by atoms with Gasteiger partial charge < -0.3 is 24.8 Å². The van der Waals surface area contributed by atoms with Gasteiger partial charge in [0.15, 0.2) is 5.96 Å². The lowest BCUT2D eigenvalue weighted by Gasteiger charge is -2.15. The van der Waals surface area contributed by atoms with E-state index in [1.165, 1.54) is 5.56 Å². The van der Waals surface area contributed by atoms with Gasteiger partial charge in [-0.25, -0.2) is 4.99 Å². The molecular formula is C20H34IN3O3. The van der Waals surface area contributed by atoms with Gasteiger partial charge in [0.2, 0.25) is 0 Å². The lowest BCUT2D eigenvalue weighted by atomic mass is 10.1. The van der Waals surface area contributed by atoms with Gasteiger partial charge >= 0.3 is 0 Å². The fourth-order valence-electron chi connectivity index (χ4n) is 2.78. The fourth-order valence-corrected chi connectivity index (χ4v) is 2.78. The van der Waals surface area contributed by atoms with Gasteiger partial charge in [0.25, 0.3) is 0 Å². The standard InChI is InChI=1S/C20H33N3O3.HI/c1-4-21-20(22-10-12-24-5-2)23-14-17-9-8-16(3)13-19(17)26-15-18-7-6-11-25-18;/h8-9,13,18H,4-7,10-12,14-15H2,1-3H3,(H2,21,22,23);1H. The van der Waals surface area contributed by atoms with E-state index in [1.54, 1.807) is 0 Å². The summed E-state index contributed by atoms with van der Waals surface area (Å²) in [7, 11) is 0. The summed E-state index contributed by atoms with van der Waals surface area (Å²) < 4.78 is 17.1. The number of nitrogens with one attached hydrogen (secondary N) is 2. The van der Waals surface area contributed by atoms with Crippen LogP contribution in [-0.4, -0.2) is 51.6 Å². The molecule has 2 rings (SSSR count). The van der Waals surface area contributed by atoms with Crippen LogP contribution < -0.4 is 15.4 Å². The highest BCUT2D eigenvalue weighted by Crippen LogP contribution is 2.23. The first-order chi connectivity index (χ1) is 12.7. The molecule has 2 N–H and O–H groups in total. The Morgan fingerprint density at radius 3 is 2.85 bits per heavy atom. The second-order valence-corrected chi connectivity index (χ2v) is 6.38. The van der Waals surface area contributed by atoms with E-state index in [-0.39, 0.29) is 30.1 Å². The van der Waals surface area contributed by atoms with E-state index in [0.29, 0.717) is 19.8 Å². The highest BCUT2D eigenvalue weighted by Gasteiger charge is 2.16.